The molecule has 0 aromatic carbocycles. The molecule has 0 bridgehead atoms. The molecule has 7 heteroatoms. The fourth-order valence-corrected chi connectivity index (χ4v) is 3.78. The van der Waals surface area contributed by atoms with Gasteiger partial charge in [-0.25, -0.2) is 4.98 Å². The van der Waals surface area contributed by atoms with Crippen LogP contribution in [-0.4, -0.2) is 22.1 Å². The molecule has 1 aliphatic rings. The lowest BCUT2D eigenvalue weighted by molar-refractivity contribution is 0.130. The molecule has 1 heterocycles. The molecule has 0 radical (unpaired) electrons. The monoisotopic (exact) mass is 344 g/mol. The number of allylic oxidation sites excluding steroid dienone is 1. The SMILES string of the molecule is C=CCC[C@H]1C[C@H](CCC)[C@H](N=[N+]=[N-])[C@H]1Oc1nc(C)nc(C)c1N. The van der Waals surface area contributed by atoms with Gasteiger partial charge in [-0.2, -0.15) is 4.98 Å². The van der Waals surface area contributed by atoms with E-state index in [9.17, 15) is 0 Å². The molecule has 0 unspecified atom stereocenters. The third kappa shape index (κ3) is 4.42. The van der Waals surface area contributed by atoms with E-state index in [-0.39, 0.29) is 12.1 Å². The highest BCUT2D eigenvalue weighted by Gasteiger charge is 2.44. The standard InChI is InChI=1S/C18H28N6O/c1-5-7-9-14-10-13(8-6-2)16(23-24-20)17(14)25-18-15(19)11(3)21-12(4)22-18/h5,13-14,16-17H,1,6-10,19H2,2-4H3/t13-,14-,16-,17-/m0/s1. The van der Waals surface area contributed by atoms with Crippen LogP contribution in [0.25, 0.3) is 10.4 Å². The van der Waals surface area contributed by atoms with Crippen molar-refractivity contribution in [1.82, 2.24) is 9.97 Å². The third-order valence-corrected chi connectivity index (χ3v) is 4.94. The number of nitrogen functional groups attached to an aromatic ring is 1. The van der Waals surface area contributed by atoms with E-state index in [1.54, 1.807) is 0 Å². The summed E-state index contributed by atoms with van der Waals surface area (Å²) in [5, 5.41) is 4.08. The predicted molar refractivity (Wildman–Crippen MR) is 99.2 cm³/mol. The molecule has 25 heavy (non-hydrogen) atoms. The van der Waals surface area contributed by atoms with Crippen LogP contribution in [0.3, 0.4) is 0 Å². The molecule has 0 spiro atoms. The first kappa shape index (κ1) is 19.1. The fraction of sp³-hybridized carbons (Fsp3) is 0.667. The Morgan fingerprint density at radius 2 is 2.12 bits per heavy atom. The number of nitrogens with two attached hydrogens (primary N) is 1. The van der Waals surface area contributed by atoms with Crippen molar-refractivity contribution in [2.24, 2.45) is 17.0 Å². The smallest absolute Gasteiger partial charge is 0.241 e. The molecule has 1 fully saturated rings. The number of rotatable bonds is 8. The van der Waals surface area contributed by atoms with Crippen LogP contribution in [0.2, 0.25) is 0 Å². The van der Waals surface area contributed by atoms with Gasteiger partial charge in [-0.15, -0.1) is 6.58 Å². The lowest BCUT2D eigenvalue weighted by Crippen LogP contribution is -2.33. The molecule has 136 valence electrons. The van der Waals surface area contributed by atoms with Crippen molar-refractivity contribution >= 4 is 5.69 Å². The number of hydrogen-bond acceptors (Lipinski definition) is 5. The Kier molecular flexibility index (Phi) is 6.65. The molecule has 1 aromatic heterocycles. The van der Waals surface area contributed by atoms with Gasteiger partial charge in [-0.1, -0.05) is 31.0 Å². The largest absolute Gasteiger partial charge is 0.472 e. The molecule has 1 aromatic rings. The Balaban J connectivity index is 2.33. The maximum Gasteiger partial charge on any atom is 0.241 e. The summed E-state index contributed by atoms with van der Waals surface area (Å²) < 4.78 is 6.24. The van der Waals surface area contributed by atoms with Crippen LogP contribution in [-0.2, 0) is 0 Å². The Hall–Kier alpha value is -2.27. The third-order valence-electron chi connectivity index (χ3n) is 4.94. The number of hydrogen-bond donors (Lipinski definition) is 1. The fourth-order valence-electron chi connectivity index (χ4n) is 3.78. The summed E-state index contributed by atoms with van der Waals surface area (Å²) in [5.41, 5.74) is 16.3. The summed E-state index contributed by atoms with van der Waals surface area (Å²) in [4.78, 5) is 11.7. The second-order valence-corrected chi connectivity index (χ2v) is 6.76. The zero-order chi connectivity index (χ0) is 18.4. The molecule has 1 saturated carbocycles. The number of azide groups is 1. The number of nitrogens with zero attached hydrogens (tertiary/aromatic N) is 5. The summed E-state index contributed by atoms with van der Waals surface area (Å²) >= 11 is 0. The Bertz CT molecular complexity index is 655. The summed E-state index contributed by atoms with van der Waals surface area (Å²) in [7, 11) is 0. The van der Waals surface area contributed by atoms with Crippen molar-refractivity contribution in [3.63, 3.8) is 0 Å². The number of aryl methyl sites for hydroxylation is 2. The first-order chi connectivity index (χ1) is 12.0. The molecule has 0 saturated heterocycles. The van der Waals surface area contributed by atoms with Crippen LogP contribution in [0.4, 0.5) is 5.69 Å². The van der Waals surface area contributed by atoms with Gasteiger partial charge in [-0.05, 0) is 50.5 Å². The number of ether oxygens (including phenoxy) is 1. The van der Waals surface area contributed by atoms with Crippen molar-refractivity contribution in [1.29, 1.82) is 0 Å². The van der Waals surface area contributed by atoms with E-state index < -0.39 is 0 Å². The molecule has 4 atom stereocenters. The van der Waals surface area contributed by atoms with Crippen LogP contribution in [0, 0.1) is 25.7 Å². The van der Waals surface area contributed by atoms with Gasteiger partial charge in [0.2, 0.25) is 5.88 Å². The van der Waals surface area contributed by atoms with Crippen LogP contribution in [0.1, 0.15) is 50.5 Å². The van der Waals surface area contributed by atoms with E-state index in [2.05, 4.69) is 33.5 Å². The summed E-state index contributed by atoms with van der Waals surface area (Å²) in [5.74, 6) is 1.63. The van der Waals surface area contributed by atoms with Crippen LogP contribution >= 0.6 is 0 Å². The molecule has 0 amide bonds. The van der Waals surface area contributed by atoms with Gasteiger partial charge < -0.3 is 10.5 Å². The predicted octanol–water partition coefficient (Wildman–Crippen LogP) is 4.50. The highest BCUT2D eigenvalue weighted by molar-refractivity contribution is 5.51. The first-order valence-electron chi connectivity index (χ1n) is 8.94. The minimum Gasteiger partial charge on any atom is -0.472 e. The van der Waals surface area contributed by atoms with Crippen molar-refractivity contribution in [3.05, 3.63) is 34.6 Å². The van der Waals surface area contributed by atoms with Gasteiger partial charge in [0.05, 0.1) is 11.7 Å². The lowest BCUT2D eigenvalue weighted by atomic mass is 9.96. The summed E-state index contributed by atoms with van der Waals surface area (Å²) in [6, 6.07) is -0.199. The van der Waals surface area contributed by atoms with E-state index in [1.165, 1.54) is 0 Å². The zero-order valence-corrected chi connectivity index (χ0v) is 15.4. The van der Waals surface area contributed by atoms with E-state index in [4.69, 9.17) is 16.0 Å². The minimum absolute atomic E-state index is 0.199. The van der Waals surface area contributed by atoms with E-state index >= 15 is 0 Å². The molecular weight excluding hydrogens is 316 g/mol. The maximum atomic E-state index is 9.04. The van der Waals surface area contributed by atoms with Crippen molar-refractivity contribution < 1.29 is 4.74 Å². The average Bonchev–Trinajstić information content (AvgIpc) is 2.88. The zero-order valence-electron chi connectivity index (χ0n) is 15.4. The quantitative estimate of drug-likeness (QED) is 0.324. The number of anilines is 1. The van der Waals surface area contributed by atoms with Crippen LogP contribution in [0.15, 0.2) is 17.8 Å². The summed E-state index contributed by atoms with van der Waals surface area (Å²) in [6.07, 6.45) is 6.61. The van der Waals surface area contributed by atoms with Crippen LogP contribution in [0.5, 0.6) is 5.88 Å². The van der Waals surface area contributed by atoms with Gasteiger partial charge in [0.15, 0.2) is 0 Å². The highest BCUT2D eigenvalue weighted by Crippen LogP contribution is 2.41. The lowest BCUT2D eigenvalue weighted by Gasteiger charge is -2.25. The summed E-state index contributed by atoms with van der Waals surface area (Å²) in [6.45, 7) is 9.62. The van der Waals surface area contributed by atoms with Gasteiger partial charge >= 0.3 is 0 Å². The Morgan fingerprint density at radius 3 is 2.76 bits per heavy atom. The molecule has 2 rings (SSSR count). The van der Waals surface area contributed by atoms with Crippen molar-refractivity contribution in [2.75, 3.05) is 5.73 Å². The van der Waals surface area contributed by atoms with E-state index in [0.717, 1.165) is 32.1 Å². The molecule has 2 N–H and O–H groups in total. The Labute approximate surface area is 149 Å². The second kappa shape index (κ2) is 8.72. The molecule has 7 nitrogen and oxygen atoms in total. The topological polar surface area (TPSA) is 110 Å². The maximum absolute atomic E-state index is 9.04. The van der Waals surface area contributed by atoms with Gasteiger partial charge in [-0.3, -0.25) is 0 Å². The van der Waals surface area contributed by atoms with Crippen molar-refractivity contribution in [3.8, 4) is 5.88 Å². The second-order valence-electron chi connectivity index (χ2n) is 6.76. The highest BCUT2D eigenvalue weighted by atomic mass is 16.5. The minimum atomic E-state index is -0.219. The normalized spacial score (nSPS) is 25.4. The molecule has 1 aliphatic carbocycles. The van der Waals surface area contributed by atoms with E-state index in [1.807, 2.05) is 19.9 Å². The van der Waals surface area contributed by atoms with E-state index in [0.29, 0.717) is 34.9 Å². The van der Waals surface area contributed by atoms with Gasteiger partial charge in [0.1, 0.15) is 17.6 Å². The average molecular weight is 344 g/mol. The van der Waals surface area contributed by atoms with Gasteiger partial charge in [0.25, 0.3) is 0 Å². The Morgan fingerprint density at radius 1 is 1.36 bits per heavy atom. The first-order valence-corrected chi connectivity index (χ1v) is 8.94. The number of aromatic nitrogens is 2. The van der Waals surface area contributed by atoms with Gasteiger partial charge in [0, 0.05) is 4.91 Å². The van der Waals surface area contributed by atoms with Crippen molar-refractivity contribution in [2.45, 2.75) is 65.0 Å². The van der Waals surface area contributed by atoms with Crippen LogP contribution < -0.4 is 10.5 Å². The molecule has 0 aliphatic heterocycles. The molecular formula is C18H28N6O.